The predicted molar refractivity (Wildman–Crippen MR) is 55.2 cm³/mol. The monoisotopic (exact) mass is 208 g/mol. The van der Waals surface area contributed by atoms with E-state index in [1.54, 1.807) is 6.20 Å². The van der Waals surface area contributed by atoms with Gasteiger partial charge in [0.25, 0.3) is 0 Å². The summed E-state index contributed by atoms with van der Waals surface area (Å²) in [4.78, 5) is 8.24. The summed E-state index contributed by atoms with van der Waals surface area (Å²) in [5, 5.41) is 10.4. The topological polar surface area (TPSA) is 46.0 Å². The van der Waals surface area contributed by atoms with Gasteiger partial charge in [0.05, 0.1) is 6.61 Å². The van der Waals surface area contributed by atoms with E-state index in [0.717, 1.165) is 16.6 Å². The largest absolute Gasteiger partial charge is 0.392 e. The first-order chi connectivity index (χ1) is 6.72. The Morgan fingerprint density at radius 3 is 3.00 bits per heavy atom. The van der Waals surface area contributed by atoms with Gasteiger partial charge >= 0.3 is 0 Å². The van der Waals surface area contributed by atoms with Crippen LogP contribution in [0, 0.1) is 6.92 Å². The van der Waals surface area contributed by atoms with Crippen molar-refractivity contribution >= 4 is 22.5 Å². The van der Waals surface area contributed by atoms with Crippen molar-refractivity contribution in [3.05, 3.63) is 34.7 Å². The summed E-state index contributed by atoms with van der Waals surface area (Å²) in [6.07, 6.45) is 1.63. The van der Waals surface area contributed by atoms with Gasteiger partial charge in [-0.1, -0.05) is 11.6 Å². The van der Waals surface area contributed by atoms with E-state index < -0.39 is 0 Å². The molecule has 3 nitrogen and oxygen atoms in total. The Kier molecular flexibility index (Phi) is 2.35. The summed E-state index contributed by atoms with van der Waals surface area (Å²) < 4.78 is 0. The molecule has 2 rings (SSSR count). The molecule has 2 aromatic rings. The van der Waals surface area contributed by atoms with Crippen molar-refractivity contribution in [3.63, 3.8) is 0 Å². The lowest BCUT2D eigenvalue weighted by Crippen LogP contribution is -1.94. The third kappa shape index (κ3) is 1.45. The fourth-order valence-corrected chi connectivity index (χ4v) is 1.57. The number of nitrogens with zero attached hydrogens (tertiary/aromatic N) is 2. The number of hydrogen-bond acceptors (Lipinski definition) is 3. The first-order valence-corrected chi connectivity index (χ1v) is 4.62. The fourth-order valence-electron chi connectivity index (χ4n) is 1.36. The molecule has 4 heteroatoms. The van der Waals surface area contributed by atoms with Crippen LogP contribution in [0.1, 0.15) is 11.3 Å². The van der Waals surface area contributed by atoms with E-state index in [9.17, 15) is 0 Å². The summed E-state index contributed by atoms with van der Waals surface area (Å²) in [6.45, 7) is 1.84. The van der Waals surface area contributed by atoms with Gasteiger partial charge < -0.3 is 5.11 Å². The quantitative estimate of drug-likeness (QED) is 0.730. The Morgan fingerprint density at radius 1 is 1.50 bits per heavy atom. The van der Waals surface area contributed by atoms with Gasteiger partial charge in [0, 0.05) is 17.3 Å². The number of pyridine rings is 2. The molecule has 0 saturated carbocycles. The molecule has 0 saturated heterocycles. The van der Waals surface area contributed by atoms with E-state index in [2.05, 4.69) is 9.97 Å². The third-order valence-electron chi connectivity index (χ3n) is 2.16. The molecule has 0 aliphatic carbocycles. The summed E-state index contributed by atoms with van der Waals surface area (Å²) in [5.74, 6) is 0. The van der Waals surface area contributed by atoms with E-state index in [-0.39, 0.29) is 6.61 Å². The standard InChI is InChI=1S/C10H9ClN2O/c1-6-8(5-14)4-7-2-3-12-10(11)9(7)13-6/h2-4,14H,5H2,1H3. The number of aliphatic hydroxyl groups is 1. The zero-order valence-corrected chi connectivity index (χ0v) is 8.41. The van der Waals surface area contributed by atoms with Crippen LogP contribution in [0.3, 0.4) is 0 Å². The molecule has 2 heterocycles. The Morgan fingerprint density at radius 2 is 2.29 bits per heavy atom. The van der Waals surface area contributed by atoms with Crippen LogP contribution in [0.15, 0.2) is 18.3 Å². The lowest BCUT2D eigenvalue weighted by atomic mass is 10.1. The van der Waals surface area contributed by atoms with E-state index in [4.69, 9.17) is 16.7 Å². The minimum atomic E-state index is -0.00524. The zero-order chi connectivity index (χ0) is 10.1. The summed E-state index contributed by atoms with van der Waals surface area (Å²) in [5.41, 5.74) is 2.29. The second kappa shape index (κ2) is 3.52. The van der Waals surface area contributed by atoms with Crippen LogP contribution in [0.25, 0.3) is 10.9 Å². The molecule has 0 spiro atoms. The highest BCUT2D eigenvalue weighted by Crippen LogP contribution is 2.21. The van der Waals surface area contributed by atoms with Gasteiger partial charge in [-0.15, -0.1) is 0 Å². The average molecular weight is 209 g/mol. The minimum absolute atomic E-state index is 0.00524. The number of aromatic nitrogens is 2. The molecule has 0 aromatic carbocycles. The van der Waals surface area contributed by atoms with Crippen molar-refractivity contribution in [2.45, 2.75) is 13.5 Å². The molecule has 0 amide bonds. The lowest BCUT2D eigenvalue weighted by molar-refractivity contribution is 0.280. The van der Waals surface area contributed by atoms with E-state index in [1.807, 2.05) is 19.1 Å². The summed E-state index contributed by atoms with van der Waals surface area (Å²) >= 11 is 5.89. The number of hydrogen-bond donors (Lipinski definition) is 1. The van der Waals surface area contributed by atoms with Crippen LogP contribution in [0.5, 0.6) is 0 Å². The summed E-state index contributed by atoms with van der Waals surface area (Å²) in [6, 6.07) is 3.71. The van der Waals surface area contributed by atoms with Crippen molar-refractivity contribution in [2.75, 3.05) is 0 Å². The molecule has 0 bridgehead atoms. The van der Waals surface area contributed by atoms with Gasteiger partial charge in [-0.2, -0.15) is 0 Å². The number of rotatable bonds is 1. The van der Waals surface area contributed by atoms with E-state index in [0.29, 0.717) is 10.7 Å². The normalized spacial score (nSPS) is 10.8. The maximum atomic E-state index is 9.06. The van der Waals surface area contributed by atoms with Gasteiger partial charge in [0.2, 0.25) is 0 Å². The van der Waals surface area contributed by atoms with Crippen molar-refractivity contribution in [1.82, 2.24) is 9.97 Å². The molecule has 1 N–H and O–H groups in total. The molecule has 0 fully saturated rings. The molecule has 0 unspecified atom stereocenters. The second-order valence-corrected chi connectivity index (χ2v) is 3.42. The van der Waals surface area contributed by atoms with Gasteiger partial charge in [-0.25, -0.2) is 9.97 Å². The Hall–Kier alpha value is -1.19. The van der Waals surface area contributed by atoms with Crippen LogP contribution in [-0.2, 0) is 6.61 Å². The molecule has 0 atom stereocenters. The van der Waals surface area contributed by atoms with Gasteiger partial charge in [-0.05, 0) is 24.6 Å². The maximum Gasteiger partial charge on any atom is 0.155 e. The molecule has 0 radical (unpaired) electrons. The van der Waals surface area contributed by atoms with Gasteiger partial charge in [0.15, 0.2) is 5.15 Å². The molecule has 72 valence electrons. The molecule has 0 aliphatic rings. The van der Waals surface area contributed by atoms with Crippen molar-refractivity contribution in [3.8, 4) is 0 Å². The van der Waals surface area contributed by atoms with E-state index >= 15 is 0 Å². The van der Waals surface area contributed by atoms with Gasteiger partial charge in [0.1, 0.15) is 5.52 Å². The number of halogens is 1. The maximum absolute atomic E-state index is 9.06. The Balaban J connectivity index is 2.79. The smallest absolute Gasteiger partial charge is 0.155 e. The van der Waals surface area contributed by atoms with Crippen LogP contribution < -0.4 is 0 Å². The number of aliphatic hydroxyl groups excluding tert-OH is 1. The Labute approximate surface area is 86.4 Å². The van der Waals surface area contributed by atoms with Crippen LogP contribution in [0.4, 0.5) is 0 Å². The molecular formula is C10H9ClN2O. The van der Waals surface area contributed by atoms with Gasteiger partial charge in [-0.3, -0.25) is 0 Å². The molecule has 14 heavy (non-hydrogen) atoms. The highest BCUT2D eigenvalue weighted by atomic mass is 35.5. The lowest BCUT2D eigenvalue weighted by Gasteiger charge is -2.04. The molecule has 0 aliphatic heterocycles. The average Bonchev–Trinajstić information content (AvgIpc) is 2.19. The van der Waals surface area contributed by atoms with Crippen LogP contribution >= 0.6 is 11.6 Å². The first-order valence-electron chi connectivity index (χ1n) is 4.24. The number of aryl methyl sites for hydroxylation is 1. The van der Waals surface area contributed by atoms with Crippen molar-refractivity contribution in [1.29, 1.82) is 0 Å². The fraction of sp³-hybridized carbons (Fsp3) is 0.200. The minimum Gasteiger partial charge on any atom is -0.392 e. The Bertz CT molecular complexity index is 485. The third-order valence-corrected chi connectivity index (χ3v) is 2.43. The van der Waals surface area contributed by atoms with Crippen molar-refractivity contribution in [2.24, 2.45) is 0 Å². The van der Waals surface area contributed by atoms with E-state index in [1.165, 1.54) is 0 Å². The number of fused-ring (bicyclic) bond motifs is 1. The summed E-state index contributed by atoms with van der Waals surface area (Å²) in [7, 11) is 0. The molecule has 2 aromatic heterocycles. The highest BCUT2D eigenvalue weighted by Gasteiger charge is 2.05. The SMILES string of the molecule is Cc1nc2c(Cl)nccc2cc1CO. The predicted octanol–water partition coefficient (Wildman–Crippen LogP) is 2.08. The van der Waals surface area contributed by atoms with Crippen molar-refractivity contribution < 1.29 is 5.11 Å². The first kappa shape index (κ1) is 9.37. The highest BCUT2D eigenvalue weighted by molar-refractivity contribution is 6.33. The van der Waals surface area contributed by atoms with Crippen LogP contribution in [0.2, 0.25) is 5.15 Å². The molecular weight excluding hydrogens is 200 g/mol. The van der Waals surface area contributed by atoms with Crippen LogP contribution in [-0.4, -0.2) is 15.1 Å². The zero-order valence-electron chi connectivity index (χ0n) is 7.66. The second-order valence-electron chi connectivity index (χ2n) is 3.06.